The number of hydrogen-bond acceptors (Lipinski definition) is 3. The van der Waals surface area contributed by atoms with Gasteiger partial charge in [0.15, 0.2) is 0 Å². The Morgan fingerprint density at radius 1 is 0.857 bits per heavy atom. The van der Waals surface area contributed by atoms with E-state index in [-0.39, 0.29) is 11.6 Å². The average molecular weight is 303 g/mol. The standard InChI is InChI=1S/C15H11F2N3S/c1-10-15(11-2-4-12(16)5-3-11)19-20(18-10)21-14-8-6-13(17)7-9-14/h2-9H,1H3. The van der Waals surface area contributed by atoms with Crippen molar-refractivity contribution in [2.75, 3.05) is 0 Å². The summed E-state index contributed by atoms with van der Waals surface area (Å²) in [5.74, 6) is -0.569. The molecule has 0 unspecified atom stereocenters. The first kappa shape index (κ1) is 13.8. The zero-order valence-electron chi connectivity index (χ0n) is 11.1. The van der Waals surface area contributed by atoms with Crippen molar-refractivity contribution >= 4 is 11.9 Å². The highest BCUT2D eigenvalue weighted by molar-refractivity contribution is 7.97. The fourth-order valence-corrected chi connectivity index (χ4v) is 2.59. The average Bonchev–Trinajstić information content (AvgIpc) is 2.83. The maximum absolute atomic E-state index is 13.0. The Bertz CT molecular complexity index is 752. The molecule has 2 aromatic carbocycles. The van der Waals surface area contributed by atoms with Crippen molar-refractivity contribution in [3.8, 4) is 11.3 Å². The van der Waals surface area contributed by atoms with E-state index in [1.165, 1.54) is 40.4 Å². The Labute approximate surface area is 124 Å². The summed E-state index contributed by atoms with van der Waals surface area (Å²) in [4.78, 5) is 0.831. The Morgan fingerprint density at radius 2 is 1.43 bits per heavy atom. The van der Waals surface area contributed by atoms with E-state index < -0.39 is 0 Å². The third kappa shape index (κ3) is 3.11. The number of benzene rings is 2. The highest BCUT2D eigenvalue weighted by Gasteiger charge is 2.10. The first-order chi connectivity index (χ1) is 10.1. The van der Waals surface area contributed by atoms with Gasteiger partial charge in [0.05, 0.1) is 5.69 Å². The van der Waals surface area contributed by atoms with Gasteiger partial charge in [0.25, 0.3) is 0 Å². The van der Waals surface area contributed by atoms with Gasteiger partial charge >= 0.3 is 0 Å². The SMILES string of the molecule is Cc1nn(Sc2ccc(F)cc2)nc1-c1ccc(F)cc1. The van der Waals surface area contributed by atoms with Crippen molar-refractivity contribution in [1.82, 2.24) is 14.4 Å². The summed E-state index contributed by atoms with van der Waals surface area (Å²) in [5.41, 5.74) is 2.25. The van der Waals surface area contributed by atoms with E-state index in [1.807, 2.05) is 6.92 Å². The van der Waals surface area contributed by atoms with Crippen LogP contribution in [-0.2, 0) is 0 Å². The molecular formula is C15H11F2N3S. The van der Waals surface area contributed by atoms with E-state index in [2.05, 4.69) is 10.2 Å². The van der Waals surface area contributed by atoms with Crippen LogP contribution in [0.15, 0.2) is 53.4 Å². The molecule has 3 nitrogen and oxygen atoms in total. The van der Waals surface area contributed by atoms with Crippen molar-refractivity contribution in [2.45, 2.75) is 11.8 Å². The van der Waals surface area contributed by atoms with Crippen LogP contribution in [0.4, 0.5) is 8.78 Å². The molecule has 1 aromatic heterocycles. The van der Waals surface area contributed by atoms with Crippen molar-refractivity contribution in [3.63, 3.8) is 0 Å². The molecule has 0 fully saturated rings. The number of halogens is 2. The van der Waals surface area contributed by atoms with E-state index in [1.54, 1.807) is 24.3 Å². The topological polar surface area (TPSA) is 30.7 Å². The van der Waals surface area contributed by atoms with Crippen molar-refractivity contribution in [2.24, 2.45) is 0 Å². The fourth-order valence-electron chi connectivity index (χ4n) is 1.86. The summed E-state index contributed by atoms with van der Waals surface area (Å²) in [7, 11) is 0. The smallest absolute Gasteiger partial charge is 0.123 e. The molecule has 0 amide bonds. The van der Waals surface area contributed by atoms with Gasteiger partial charge in [0.2, 0.25) is 0 Å². The molecule has 0 radical (unpaired) electrons. The van der Waals surface area contributed by atoms with Crippen LogP contribution in [0.3, 0.4) is 0 Å². The second-order valence-corrected chi connectivity index (χ2v) is 5.42. The van der Waals surface area contributed by atoms with Gasteiger partial charge in [-0.25, -0.2) is 8.78 Å². The Balaban J connectivity index is 1.87. The first-order valence-electron chi connectivity index (χ1n) is 6.25. The van der Waals surface area contributed by atoms with E-state index in [4.69, 9.17) is 0 Å². The van der Waals surface area contributed by atoms with E-state index >= 15 is 0 Å². The Hall–Kier alpha value is -2.21. The van der Waals surface area contributed by atoms with Crippen LogP contribution in [0.25, 0.3) is 11.3 Å². The fraction of sp³-hybridized carbons (Fsp3) is 0.0667. The molecule has 0 spiro atoms. The van der Waals surface area contributed by atoms with Gasteiger partial charge in [0.1, 0.15) is 17.3 Å². The van der Waals surface area contributed by atoms with Crippen LogP contribution < -0.4 is 0 Å². The zero-order valence-corrected chi connectivity index (χ0v) is 11.9. The molecule has 0 bridgehead atoms. The minimum atomic E-state index is -0.288. The lowest BCUT2D eigenvalue weighted by molar-refractivity contribution is 0.626. The van der Waals surface area contributed by atoms with Gasteiger partial charge in [-0.05, 0) is 55.5 Å². The van der Waals surface area contributed by atoms with Crippen molar-refractivity contribution < 1.29 is 8.78 Å². The van der Waals surface area contributed by atoms with Gasteiger partial charge in [-0.15, -0.1) is 14.4 Å². The first-order valence-corrected chi connectivity index (χ1v) is 7.03. The number of aromatic nitrogens is 3. The lowest BCUT2D eigenvalue weighted by atomic mass is 10.1. The monoisotopic (exact) mass is 303 g/mol. The van der Waals surface area contributed by atoms with E-state index in [9.17, 15) is 8.78 Å². The summed E-state index contributed by atoms with van der Waals surface area (Å²) < 4.78 is 27.3. The summed E-state index contributed by atoms with van der Waals surface area (Å²) in [6.07, 6.45) is 0. The molecule has 0 saturated heterocycles. The third-order valence-electron chi connectivity index (χ3n) is 2.88. The summed E-state index contributed by atoms with van der Waals surface area (Å²) in [5, 5.41) is 8.69. The molecule has 0 saturated carbocycles. The molecule has 0 N–H and O–H groups in total. The minimum absolute atomic E-state index is 0.282. The number of hydrogen-bond donors (Lipinski definition) is 0. The number of rotatable bonds is 3. The second kappa shape index (κ2) is 5.65. The van der Waals surface area contributed by atoms with Crippen molar-refractivity contribution in [1.29, 1.82) is 0 Å². The molecular weight excluding hydrogens is 292 g/mol. The highest BCUT2D eigenvalue weighted by atomic mass is 32.2. The van der Waals surface area contributed by atoms with Crippen LogP contribution in [0.2, 0.25) is 0 Å². The number of aryl methyl sites for hydroxylation is 1. The lowest BCUT2D eigenvalue weighted by Gasteiger charge is -1.99. The van der Waals surface area contributed by atoms with Crippen LogP contribution >= 0.6 is 11.9 Å². The minimum Gasteiger partial charge on any atom is -0.207 e. The van der Waals surface area contributed by atoms with Gasteiger partial charge < -0.3 is 0 Å². The normalized spacial score (nSPS) is 10.8. The molecule has 0 atom stereocenters. The Morgan fingerprint density at radius 3 is 2.05 bits per heavy atom. The quantitative estimate of drug-likeness (QED) is 0.730. The van der Waals surface area contributed by atoms with Gasteiger partial charge in [0, 0.05) is 22.4 Å². The summed E-state index contributed by atoms with van der Waals surface area (Å²) >= 11 is 1.28. The van der Waals surface area contributed by atoms with Crippen LogP contribution in [-0.4, -0.2) is 14.4 Å². The lowest BCUT2D eigenvalue weighted by Crippen LogP contribution is -1.92. The van der Waals surface area contributed by atoms with E-state index in [0.717, 1.165) is 16.2 Å². The molecule has 6 heteroatoms. The Kier molecular flexibility index (Phi) is 3.70. The maximum atomic E-state index is 13.0. The van der Waals surface area contributed by atoms with Gasteiger partial charge in [-0.3, -0.25) is 0 Å². The number of nitrogens with zero attached hydrogens (tertiary/aromatic N) is 3. The highest BCUT2D eigenvalue weighted by Crippen LogP contribution is 2.24. The molecule has 0 aliphatic carbocycles. The molecule has 3 rings (SSSR count). The van der Waals surface area contributed by atoms with Crippen molar-refractivity contribution in [3.05, 3.63) is 65.9 Å². The molecule has 3 aromatic rings. The molecule has 106 valence electrons. The second-order valence-electron chi connectivity index (χ2n) is 4.44. The molecule has 1 heterocycles. The van der Waals surface area contributed by atoms with Crippen LogP contribution in [0.1, 0.15) is 5.69 Å². The van der Waals surface area contributed by atoms with Crippen LogP contribution in [0, 0.1) is 18.6 Å². The third-order valence-corrected chi connectivity index (χ3v) is 3.69. The molecule has 0 aliphatic rings. The van der Waals surface area contributed by atoms with Crippen LogP contribution in [0.5, 0.6) is 0 Å². The largest absolute Gasteiger partial charge is 0.207 e. The maximum Gasteiger partial charge on any atom is 0.123 e. The zero-order chi connectivity index (χ0) is 14.8. The predicted octanol–water partition coefficient (Wildman–Crippen LogP) is 4.09. The van der Waals surface area contributed by atoms with E-state index in [0.29, 0.717) is 5.69 Å². The predicted molar refractivity (Wildman–Crippen MR) is 77.8 cm³/mol. The summed E-state index contributed by atoms with van der Waals surface area (Å²) in [6, 6.07) is 12.2. The van der Waals surface area contributed by atoms with Gasteiger partial charge in [-0.1, -0.05) is 0 Å². The summed E-state index contributed by atoms with van der Waals surface area (Å²) in [6.45, 7) is 1.84. The molecule has 0 aliphatic heterocycles. The molecule has 21 heavy (non-hydrogen) atoms. The van der Waals surface area contributed by atoms with Gasteiger partial charge in [-0.2, -0.15) is 0 Å².